The van der Waals surface area contributed by atoms with Gasteiger partial charge in [0.25, 0.3) is 5.91 Å². The minimum atomic E-state index is -0.600. The summed E-state index contributed by atoms with van der Waals surface area (Å²) in [6, 6.07) is 15.7. The maximum atomic E-state index is 13.5. The number of amides is 1. The number of carbonyl (C=O) groups excluding carboxylic acids is 1. The molecule has 30 heavy (non-hydrogen) atoms. The van der Waals surface area contributed by atoms with Crippen LogP contribution in [0.1, 0.15) is 30.1 Å². The molecule has 0 unspecified atom stereocenters. The van der Waals surface area contributed by atoms with E-state index in [4.69, 9.17) is 14.2 Å². The summed E-state index contributed by atoms with van der Waals surface area (Å²) < 4.78 is 17.0. The number of hydrogen-bond donors (Lipinski definition) is 1. The number of nitrogens with zero attached hydrogens (tertiary/aromatic N) is 1. The number of quaternary nitrogens is 1. The van der Waals surface area contributed by atoms with Crippen molar-refractivity contribution < 1.29 is 23.9 Å². The van der Waals surface area contributed by atoms with Crippen molar-refractivity contribution in [2.24, 2.45) is 0 Å². The van der Waals surface area contributed by atoms with Gasteiger partial charge in [0.1, 0.15) is 13.2 Å². The maximum Gasteiger partial charge on any atom is 0.256 e. The fourth-order valence-electron chi connectivity index (χ4n) is 4.26. The molecule has 1 amide bonds. The summed E-state index contributed by atoms with van der Waals surface area (Å²) in [5.41, 5.74) is 1.91. The number of rotatable bonds is 8. The molecule has 0 radical (unpaired) electrons. The van der Waals surface area contributed by atoms with E-state index in [1.165, 1.54) is 25.9 Å². The van der Waals surface area contributed by atoms with E-state index < -0.39 is 6.10 Å². The summed E-state index contributed by atoms with van der Waals surface area (Å²) >= 11 is 0. The molecule has 0 bridgehead atoms. The fraction of sp³-hybridized carbons (Fsp3) is 0.458. The van der Waals surface area contributed by atoms with Crippen LogP contribution in [0.3, 0.4) is 0 Å². The van der Waals surface area contributed by atoms with Crippen LogP contribution in [0.4, 0.5) is 0 Å². The monoisotopic (exact) mass is 411 g/mol. The Balaban J connectivity index is 1.52. The lowest BCUT2D eigenvalue weighted by Gasteiger charge is -2.28. The number of carbonyl (C=O) groups is 1. The van der Waals surface area contributed by atoms with Crippen molar-refractivity contribution in [3.8, 4) is 11.5 Å². The smallest absolute Gasteiger partial charge is 0.256 e. The predicted molar refractivity (Wildman–Crippen MR) is 114 cm³/mol. The first-order valence-electron chi connectivity index (χ1n) is 10.8. The van der Waals surface area contributed by atoms with Crippen LogP contribution in [0.5, 0.6) is 11.5 Å². The van der Waals surface area contributed by atoms with Crippen LogP contribution in [0.15, 0.2) is 48.5 Å². The Morgan fingerprint density at radius 1 is 1.07 bits per heavy atom. The molecule has 2 aromatic carbocycles. The van der Waals surface area contributed by atoms with Gasteiger partial charge in [0.15, 0.2) is 17.6 Å². The Labute approximate surface area is 178 Å². The number of nitrogens with one attached hydrogen (secondary N) is 1. The fourth-order valence-corrected chi connectivity index (χ4v) is 4.26. The number of likely N-dealkylation sites (tertiary alicyclic amines) is 1. The highest BCUT2D eigenvalue weighted by molar-refractivity contribution is 5.82. The van der Waals surface area contributed by atoms with Crippen molar-refractivity contribution in [2.45, 2.75) is 25.5 Å². The van der Waals surface area contributed by atoms with Crippen LogP contribution in [0, 0.1) is 0 Å². The second-order valence-electron chi connectivity index (χ2n) is 7.97. The van der Waals surface area contributed by atoms with E-state index in [-0.39, 0.29) is 5.91 Å². The zero-order valence-corrected chi connectivity index (χ0v) is 17.6. The normalized spacial score (nSPS) is 17.0. The van der Waals surface area contributed by atoms with Gasteiger partial charge in [-0.3, -0.25) is 4.79 Å². The van der Waals surface area contributed by atoms with Crippen LogP contribution in [-0.2, 0) is 16.1 Å². The second kappa shape index (κ2) is 9.96. The molecule has 1 atom stereocenters. The Morgan fingerprint density at radius 2 is 1.80 bits per heavy atom. The van der Waals surface area contributed by atoms with Gasteiger partial charge in [-0.1, -0.05) is 36.4 Å². The molecular formula is C24H31N2O4+. The summed E-state index contributed by atoms with van der Waals surface area (Å²) in [7, 11) is 1.60. The van der Waals surface area contributed by atoms with E-state index in [0.717, 1.165) is 29.2 Å². The Bertz CT molecular complexity index is 836. The van der Waals surface area contributed by atoms with E-state index >= 15 is 0 Å². The van der Waals surface area contributed by atoms with Crippen LogP contribution in [0.2, 0.25) is 0 Å². The molecule has 2 aliphatic rings. The van der Waals surface area contributed by atoms with Crippen LogP contribution < -0.4 is 14.4 Å². The second-order valence-corrected chi connectivity index (χ2v) is 7.97. The molecule has 1 saturated heterocycles. The lowest BCUT2D eigenvalue weighted by Crippen LogP contribution is -3.10. The number of fused-ring (bicyclic) bond motifs is 1. The first kappa shape index (κ1) is 20.7. The minimum absolute atomic E-state index is 0.00261. The van der Waals surface area contributed by atoms with Gasteiger partial charge >= 0.3 is 0 Å². The SMILES string of the molecule is CO[C@H](C(=O)N(CC[NH+]1CCCC1)Cc1ccc2c(c1)OCCO2)c1ccccc1. The molecule has 4 rings (SSSR count). The number of methoxy groups -OCH3 is 1. The van der Waals surface area contributed by atoms with Crippen molar-refractivity contribution in [3.63, 3.8) is 0 Å². The molecular weight excluding hydrogens is 380 g/mol. The van der Waals surface area contributed by atoms with E-state index in [1.54, 1.807) is 12.0 Å². The minimum Gasteiger partial charge on any atom is -0.486 e. The van der Waals surface area contributed by atoms with Crippen LogP contribution in [-0.4, -0.2) is 57.3 Å². The van der Waals surface area contributed by atoms with Crippen molar-refractivity contribution in [1.29, 1.82) is 0 Å². The predicted octanol–water partition coefficient (Wildman–Crippen LogP) is 1.85. The van der Waals surface area contributed by atoms with E-state index in [9.17, 15) is 4.79 Å². The standard InChI is InChI=1S/C24H30N2O4/c1-28-23(20-7-3-2-4-8-20)24(27)26(14-13-25-11-5-6-12-25)18-19-9-10-21-22(17-19)30-16-15-29-21/h2-4,7-10,17,23H,5-6,11-16,18H2,1H3/p+1/t23-/m0/s1. The zero-order chi connectivity index (χ0) is 20.8. The van der Waals surface area contributed by atoms with Gasteiger partial charge in [-0.05, 0) is 23.3 Å². The van der Waals surface area contributed by atoms with Gasteiger partial charge in [-0.15, -0.1) is 0 Å². The molecule has 2 heterocycles. The van der Waals surface area contributed by atoms with E-state index in [1.807, 2.05) is 53.4 Å². The van der Waals surface area contributed by atoms with Gasteiger partial charge in [0, 0.05) is 26.5 Å². The summed E-state index contributed by atoms with van der Waals surface area (Å²) in [4.78, 5) is 17.0. The van der Waals surface area contributed by atoms with Crippen LogP contribution in [0.25, 0.3) is 0 Å². The van der Waals surface area contributed by atoms with Crippen LogP contribution >= 0.6 is 0 Å². The summed E-state index contributed by atoms with van der Waals surface area (Å²) in [6.45, 7) is 5.70. The lowest BCUT2D eigenvalue weighted by atomic mass is 10.1. The largest absolute Gasteiger partial charge is 0.486 e. The maximum absolute atomic E-state index is 13.5. The molecule has 2 aliphatic heterocycles. The van der Waals surface area contributed by atoms with E-state index in [2.05, 4.69) is 0 Å². The molecule has 0 aliphatic carbocycles. The van der Waals surface area contributed by atoms with Crippen molar-refractivity contribution >= 4 is 5.91 Å². The van der Waals surface area contributed by atoms with Gasteiger partial charge in [0.05, 0.1) is 26.2 Å². The highest BCUT2D eigenvalue weighted by atomic mass is 16.6. The summed E-state index contributed by atoms with van der Waals surface area (Å²) in [5.74, 6) is 1.52. The average molecular weight is 412 g/mol. The lowest BCUT2D eigenvalue weighted by molar-refractivity contribution is -0.886. The third-order valence-corrected chi connectivity index (χ3v) is 5.90. The Hall–Kier alpha value is -2.57. The Kier molecular flexibility index (Phi) is 6.87. The average Bonchev–Trinajstić information content (AvgIpc) is 3.31. The highest BCUT2D eigenvalue weighted by Gasteiger charge is 2.28. The zero-order valence-electron chi connectivity index (χ0n) is 17.6. The molecule has 6 nitrogen and oxygen atoms in total. The molecule has 160 valence electrons. The quantitative estimate of drug-likeness (QED) is 0.721. The molecule has 2 aromatic rings. The van der Waals surface area contributed by atoms with Crippen molar-refractivity contribution in [2.75, 3.05) is 46.5 Å². The van der Waals surface area contributed by atoms with E-state index in [0.29, 0.717) is 26.3 Å². The third-order valence-electron chi connectivity index (χ3n) is 5.90. The first-order chi connectivity index (χ1) is 14.7. The number of benzene rings is 2. The highest BCUT2D eigenvalue weighted by Crippen LogP contribution is 2.31. The van der Waals surface area contributed by atoms with Gasteiger partial charge in [0.2, 0.25) is 0 Å². The van der Waals surface area contributed by atoms with Gasteiger partial charge < -0.3 is 24.0 Å². The Morgan fingerprint density at radius 3 is 2.53 bits per heavy atom. The first-order valence-corrected chi connectivity index (χ1v) is 10.8. The molecule has 0 spiro atoms. The van der Waals surface area contributed by atoms with Crippen molar-refractivity contribution in [3.05, 3.63) is 59.7 Å². The summed E-state index contributed by atoms with van der Waals surface area (Å²) in [5, 5.41) is 0. The van der Waals surface area contributed by atoms with Gasteiger partial charge in [-0.25, -0.2) is 0 Å². The number of hydrogen-bond acceptors (Lipinski definition) is 4. The topological polar surface area (TPSA) is 52.4 Å². The summed E-state index contributed by atoms with van der Waals surface area (Å²) in [6.07, 6.45) is 1.95. The molecule has 0 aromatic heterocycles. The van der Waals surface area contributed by atoms with Gasteiger partial charge in [-0.2, -0.15) is 0 Å². The third kappa shape index (κ3) is 4.94. The molecule has 6 heteroatoms. The molecule has 1 fully saturated rings. The molecule has 1 N–H and O–H groups in total. The number of ether oxygens (including phenoxy) is 3. The molecule has 0 saturated carbocycles. The van der Waals surface area contributed by atoms with Crippen molar-refractivity contribution in [1.82, 2.24) is 4.90 Å².